The first-order chi connectivity index (χ1) is 12.0. The fraction of sp³-hybridized carbons (Fsp3) is 0.316. The van der Waals surface area contributed by atoms with Crippen LogP contribution < -0.4 is 9.47 Å². The van der Waals surface area contributed by atoms with Crippen molar-refractivity contribution in [3.8, 4) is 11.5 Å². The molecule has 0 aliphatic heterocycles. The van der Waals surface area contributed by atoms with E-state index in [2.05, 4.69) is 4.74 Å². The Balaban J connectivity index is 2.28. The molecule has 0 bridgehead atoms. The Kier molecular flexibility index (Phi) is 6.65. The van der Waals surface area contributed by atoms with Gasteiger partial charge in [0.05, 0.1) is 12.1 Å². The molecule has 0 saturated heterocycles. The van der Waals surface area contributed by atoms with Gasteiger partial charge in [-0.1, -0.05) is 37.6 Å². The summed E-state index contributed by atoms with van der Waals surface area (Å²) < 4.78 is 29.4. The second kappa shape index (κ2) is 8.72. The van der Waals surface area contributed by atoms with E-state index >= 15 is 0 Å². The number of carbonyl (C=O) groups is 1. The van der Waals surface area contributed by atoms with Gasteiger partial charge in [0.2, 0.25) is 0 Å². The van der Waals surface area contributed by atoms with Crippen LogP contribution in [0.25, 0.3) is 0 Å². The van der Waals surface area contributed by atoms with E-state index in [-0.39, 0.29) is 18.2 Å². The van der Waals surface area contributed by atoms with Gasteiger partial charge in [-0.05, 0) is 36.1 Å². The van der Waals surface area contributed by atoms with Gasteiger partial charge >= 0.3 is 6.16 Å². The molecule has 0 aliphatic carbocycles. The predicted octanol–water partition coefficient (Wildman–Crippen LogP) is 5.33. The minimum atomic E-state index is -0.814. The highest BCUT2D eigenvalue weighted by molar-refractivity contribution is 6.32. The summed E-state index contributed by atoms with van der Waals surface area (Å²) in [5, 5.41) is 0.336. The molecular formula is C19H20ClFO4. The molecule has 2 rings (SSSR count). The second-order valence-corrected chi connectivity index (χ2v) is 5.73. The lowest BCUT2D eigenvalue weighted by Crippen LogP contribution is -2.11. The van der Waals surface area contributed by atoms with Crippen LogP contribution in [0.15, 0.2) is 30.3 Å². The highest BCUT2D eigenvalue weighted by Crippen LogP contribution is 2.31. The molecule has 0 atom stereocenters. The molecule has 0 saturated carbocycles. The summed E-state index contributed by atoms with van der Waals surface area (Å²) in [4.78, 5) is 11.4. The molecule has 6 heteroatoms. The molecule has 25 heavy (non-hydrogen) atoms. The normalized spacial score (nSPS) is 10.4. The van der Waals surface area contributed by atoms with Gasteiger partial charge < -0.3 is 14.2 Å². The van der Waals surface area contributed by atoms with Gasteiger partial charge in [0.25, 0.3) is 0 Å². The van der Waals surface area contributed by atoms with Crippen molar-refractivity contribution in [1.82, 2.24) is 0 Å². The fourth-order valence-corrected chi connectivity index (χ4v) is 2.68. The Morgan fingerprint density at radius 3 is 2.48 bits per heavy atom. The van der Waals surface area contributed by atoms with Crippen molar-refractivity contribution >= 4 is 17.8 Å². The lowest BCUT2D eigenvalue weighted by atomic mass is 10.0. The van der Waals surface area contributed by atoms with E-state index in [0.29, 0.717) is 34.7 Å². The summed E-state index contributed by atoms with van der Waals surface area (Å²) >= 11 is 6.17. The SMILES string of the molecule is CCc1cc(Cl)c(OCc2c(CC)cccc2OC(=O)OC)cc1F. The monoisotopic (exact) mass is 366 g/mol. The number of benzene rings is 2. The number of hydrogen-bond acceptors (Lipinski definition) is 4. The molecule has 0 aromatic heterocycles. The molecule has 0 unspecified atom stereocenters. The minimum absolute atomic E-state index is 0.0843. The van der Waals surface area contributed by atoms with Gasteiger partial charge in [-0.25, -0.2) is 9.18 Å². The Hall–Kier alpha value is -2.27. The van der Waals surface area contributed by atoms with Gasteiger partial charge in [0.1, 0.15) is 23.9 Å². The maximum atomic E-state index is 14.0. The largest absolute Gasteiger partial charge is 0.513 e. The van der Waals surface area contributed by atoms with Crippen molar-refractivity contribution in [2.75, 3.05) is 7.11 Å². The lowest BCUT2D eigenvalue weighted by molar-refractivity contribution is 0.120. The van der Waals surface area contributed by atoms with Gasteiger partial charge in [-0.15, -0.1) is 0 Å². The van der Waals surface area contributed by atoms with Crippen molar-refractivity contribution in [1.29, 1.82) is 0 Å². The topological polar surface area (TPSA) is 44.8 Å². The third kappa shape index (κ3) is 4.63. The molecular weight excluding hydrogens is 347 g/mol. The Morgan fingerprint density at radius 1 is 1.12 bits per heavy atom. The smallest absolute Gasteiger partial charge is 0.487 e. The first-order valence-electron chi connectivity index (χ1n) is 7.97. The molecule has 0 radical (unpaired) electrons. The van der Waals surface area contributed by atoms with E-state index in [1.807, 2.05) is 19.9 Å². The van der Waals surface area contributed by atoms with Crippen LogP contribution in [0.5, 0.6) is 11.5 Å². The Bertz CT molecular complexity index is 761. The highest BCUT2D eigenvalue weighted by atomic mass is 35.5. The van der Waals surface area contributed by atoms with Crippen molar-refractivity contribution in [3.63, 3.8) is 0 Å². The predicted molar refractivity (Wildman–Crippen MR) is 94.0 cm³/mol. The maximum absolute atomic E-state index is 14.0. The lowest BCUT2D eigenvalue weighted by Gasteiger charge is -2.15. The van der Waals surface area contributed by atoms with Gasteiger partial charge in [0, 0.05) is 11.6 Å². The first-order valence-corrected chi connectivity index (χ1v) is 8.35. The van der Waals surface area contributed by atoms with Crippen LogP contribution in [0.4, 0.5) is 9.18 Å². The molecule has 0 fully saturated rings. The number of hydrogen-bond donors (Lipinski definition) is 0. The van der Waals surface area contributed by atoms with Crippen LogP contribution in [0, 0.1) is 5.82 Å². The van der Waals surface area contributed by atoms with Crippen LogP contribution in [-0.4, -0.2) is 13.3 Å². The summed E-state index contributed by atoms with van der Waals surface area (Å²) in [6.45, 7) is 3.91. The van der Waals surface area contributed by atoms with Crippen LogP contribution in [-0.2, 0) is 24.2 Å². The summed E-state index contributed by atoms with van der Waals surface area (Å²) in [6, 6.07) is 8.17. The molecule has 4 nitrogen and oxygen atoms in total. The Labute approximate surface area is 151 Å². The molecule has 0 amide bonds. The zero-order valence-corrected chi connectivity index (χ0v) is 15.2. The van der Waals surface area contributed by atoms with Gasteiger partial charge in [0.15, 0.2) is 0 Å². The molecule has 0 N–H and O–H groups in total. The molecule has 134 valence electrons. The van der Waals surface area contributed by atoms with E-state index < -0.39 is 6.16 Å². The molecule has 0 spiro atoms. The van der Waals surface area contributed by atoms with Crippen molar-refractivity contribution < 1.29 is 23.4 Å². The summed E-state index contributed by atoms with van der Waals surface area (Å²) in [5.74, 6) is 0.218. The van der Waals surface area contributed by atoms with E-state index in [0.717, 1.165) is 5.56 Å². The summed E-state index contributed by atoms with van der Waals surface area (Å²) in [5.41, 5.74) is 2.16. The first kappa shape index (κ1) is 19.1. The number of halogens is 2. The molecule has 0 aliphatic rings. The van der Waals surface area contributed by atoms with Crippen LogP contribution in [0.1, 0.15) is 30.5 Å². The highest BCUT2D eigenvalue weighted by Gasteiger charge is 2.15. The quantitative estimate of drug-likeness (QED) is 0.512. The van der Waals surface area contributed by atoms with E-state index in [1.165, 1.54) is 13.2 Å². The van der Waals surface area contributed by atoms with Gasteiger partial charge in [-0.3, -0.25) is 0 Å². The number of methoxy groups -OCH3 is 1. The third-order valence-electron chi connectivity index (χ3n) is 3.82. The van der Waals surface area contributed by atoms with E-state index in [4.69, 9.17) is 21.1 Å². The Morgan fingerprint density at radius 2 is 1.84 bits per heavy atom. The van der Waals surface area contributed by atoms with Gasteiger partial charge in [-0.2, -0.15) is 0 Å². The number of ether oxygens (including phenoxy) is 3. The van der Waals surface area contributed by atoms with Crippen molar-refractivity contribution in [2.45, 2.75) is 33.3 Å². The molecule has 0 heterocycles. The van der Waals surface area contributed by atoms with Crippen LogP contribution in [0.2, 0.25) is 5.02 Å². The van der Waals surface area contributed by atoms with Crippen LogP contribution in [0.3, 0.4) is 0 Å². The maximum Gasteiger partial charge on any atom is 0.513 e. The second-order valence-electron chi connectivity index (χ2n) is 5.32. The average Bonchev–Trinajstić information content (AvgIpc) is 2.62. The third-order valence-corrected chi connectivity index (χ3v) is 4.12. The fourth-order valence-electron chi connectivity index (χ4n) is 2.43. The van der Waals surface area contributed by atoms with E-state index in [9.17, 15) is 9.18 Å². The molecule has 2 aromatic rings. The van der Waals surface area contributed by atoms with E-state index in [1.54, 1.807) is 18.2 Å². The zero-order chi connectivity index (χ0) is 18.4. The molecule has 2 aromatic carbocycles. The van der Waals surface area contributed by atoms with Crippen LogP contribution >= 0.6 is 11.6 Å². The standard InChI is InChI=1S/C19H20ClFO4/c1-4-12-7-6-8-17(25-19(22)23-3)14(12)11-24-18-10-16(21)13(5-2)9-15(18)20/h6-10H,4-5,11H2,1-3H3. The summed E-state index contributed by atoms with van der Waals surface area (Å²) in [6.07, 6.45) is 0.445. The van der Waals surface area contributed by atoms with Crippen molar-refractivity contribution in [2.24, 2.45) is 0 Å². The minimum Gasteiger partial charge on any atom is -0.487 e. The summed E-state index contributed by atoms with van der Waals surface area (Å²) in [7, 11) is 1.24. The number of carbonyl (C=O) groups excluding carboxylic acids is 1. The number of aryl methyl sites for hydroxylation is 2. The van der Waals surface area contributed by atoms with Crippen molar-refractivity contribution in [3.05, 3.63) is 57.9 Å². The zero-order valence-electron chi connectivity index (χ0n) is 14.4. The number of rotatable bonds is 6. The average molecular weight is 367 g/mol.